The summed E-state index contributed by atoms with van der Waals surface area (Å²) in [6.45, 7) is 23.9. The van der Waals surface area contributed by atoms with Crippen molar-refractivity contribution in [1.29, 1.82) is 0 Å². The van der Waals surface area contributed by atoms with Crippen LogP contribution in [0.4, 0.5) is 14.4 Å². The highest BCUT2D eigenvalue weighted by molar-refractivity contribution is 7.99. The van der Waals surface area contributed by atoms with Gasteiger partial charge in [0.25, 0.3) is 0 Å². The molecule has 1 aliphatic carbocycles. The molecule has 0 bridgehead atoms. The summed E-state index contributed by atoms with van der Waals surface area (Å²) in [5, 5.41) is 41.5. The van der Waals surface area contributed by atoms with Crippen LogP contribution in [0.5, 0.6) is 46.0 Å². The van der Waals surface area contributed by atoms with E-state index in [1.54, 1.807) is 95.0 Å². The predicted octanol–water partition coefficient (Wildman–Crippen LogP) is 10.9. The van der Waals surface area contributed by atoms with E-state index in [0.717, 1.165) is 67.0 Å². The Balaban J connectivity index is 0.000000250. The molecule has 4 aliphatic rings. The van der Waals surface area contributed by atoms with E-state index in [2.05, 4.69) is 10.2 Å². The predicted molar refractivity (Wildman–Crippen MR) is 342 cm³/mol. The van der Waals surface area contributed by atoms with Crippen LogP contribution >= 0.6 is 11.8 Å². The number of rotatable bonds is 16. The summed E-state index contributed by atoms with van der Waals surface area (Å²) in [6, 6.07) is 20.4. The number of benzene rings is 4. The van der Waals surface area contributed by atoms with Gasteiger partial charge in [0.2, 0.25) is 5.91 Å². The summed E-state index contributed by atoms with van der Waals surface area (Å²) in [5.41, 5.74) is 4.74. The van der Waals surface area contributed by atoms with Gasteiger partial charge in [0.05, 0.1) is 49.7 Å². The molecule has 8 rings (SSSR count). The number of nitrogens with zero attached hydrogens (tertiary/aromatic N) is 4. The minimum Gasteiger partial charge on any atom is -0.508 e. The smallest absolute Gasteiger partial charge is 0.410 e. The zero-order valence-electron chi connectivity index (χ0n) is 52.8. The van der Waals surface area contributed by atoms with Crippen LogP contribution in [0.3, 0.4) is 0 Å². The molecule has 3 unspecified atom stereocenters. The maximum Gasteiger partial charge on any atom is 0.410 e. The highest BCUT2D eigenvalue weighted by Gasteiger charge is 2.33. The van der Waals surface area contributed by atoms with Crippen molar-refractivity contribution >= 4 is 35.9 Å². The molecule has 0 aromatic heterocycles. The standard InChI is InChI=1S/C17H26N2O4.C16H23NO5.C16H23NO4S.C16H21NO3.CH4/c1-12(2)23-17(21)19-9-8-18(4)10-14(19)11-22-16-7-5-6-15(20)13(16)3;1-11(2)22-16(19)17-7-8-20-9-13(17)10-21-15-6-4-5-14(18)12(15)3;1-11(2)21-16(19)17-7-8-22-10-13(17)9-20-15-6-4-5-14(18)12(15)3;1-11-14(18)8-5-9-15(11)20-10-12-6-3-4-7-13(12)16(19)17-2;/h5-7,12,14,20H,8-11H2,1-4H3;2*4-6,11,13,18H,7-10H2,1-3H3;5,8-9,18H,3-4,6-7,10H2,1-2H3,(H,17,19);1H4. The first-order chi connectivity index (χ1) is 41.5. The molecule has 21 nitrogen and oxygen atoms in total. The molecular weight excluding hydrogens is 1150 g/mol. The molecule has 88 heavy (non-hydrogen) atoms. The fourth-order valence-corrected chi connectivity index (χ4v) is 10.6. The fraction of sp³-hybridized carbons (Fsp3) is 0.545. The molecular formula is C66H97N5O16S. The number of hydrogen-bond acceptors (Lipinski definition) is 18. The number of aromatic hydroxyl groups is 4. The Kier molecular flexibility index (Phi) is 30.5. The van der Waals surface area contributed by atoms with Gasteiger partial charge in [0, 0.05) is 79.1 Å². The van der Waals surface area contributed by atoms with Crippen LogP contribution in [0.1, 0.15) is 96.9 Å². The monoisotopic (exact) mass is 1250 g/mol. The Morgan fingerprint density at radius 1 is 0.568 bits per heavy atom. The summed E-state index contributed by atoms with van der Waals surface area (Å²) >= 11 is 1.81. The minimum absolute atomic E-state index is 0. The molecule has 3 aliphatic heterocycles. The number of phenolic OH excluding ortho intramolecular Hbond substituents is 4. The molecule has 488 valence electrons. The number of nitrogens with one attached hydrogen (secondary N) is 1. The number of ether oxygens (including phenoxy) is 8. The zero-order chi connectivity index (χ0) is 63.7. The number of carbonyl (C=O) groups is 4. The second-order valence-electron chi connectivity index (χ2n) is 22.4. The normalized spacial score (nSPS) is 17.6. The van der Waals surface area contributed by atoms with E-state index in [-0.39, 0.29) is 97.7 Å². The summed E-state index contributed by atoms with van der Waals surface area (Å²) in [4.78, 5) is 55.6. The maximum absolute atomic E-state index is 12.2. The first kappa shape index (κ1) is 73.0. The van der Waals surface area contributed by atoms with Crippen molar-refractivity contribution < 1.29 is 77.5 Å². The van der Waals surface area contributed by atoms with Gasteiger partial charge in [-0.05, 0) is 156 Å². The van der Waals surface area contributed by atoms with Crippen LogP contribution in [0, 0.1) is 27.7 Å². The second-order valence-corrected chi connectivity index (χ2v) is 23.6. The summed E-state index contributed by atoms with van der Waals surface area (Å²) in [7, 11) is 3.68. The molecule has 0 spiro atoms. The van der Waals surface area contributed by atoms with Crippen LogP contribution in [-0.2, 0) is 23.7 Å². The third-order valence-electron chi connectivity index (χ3n) is 14.7. The Bertz CT molecular complexity index is 2790. The molecule has 3 saturated heterocycles. The molecule has 22 heteroatoms. The van der Waals surface area contributed by atoms with Gasteiger partial charge in [0.15, 0.2) is 0 Å². The summed E-state index contributed by atoms with van der Waals surface area (Å²) in [5.74, 6) is 5.12. The van der Waals surface area contributed by atoms with Crippen molar-refractivity contribution in [1.82, 2.24) is 24.9 Å². The van der Waals surface area contributed by atoms with Gasteiger partial charge in [-0.1, -0.05) is 31.7 Å². The molecule has 4 amide bonds. The molecule has 3 fully saturated rings. The molecule has 3 atom stereocenters. The number of carbonyl (C=O) groups excluding carboxylic acids is 4. The van der Waals surface area contributed by atoms with Gasteiger partial charge in [-0.25, -0.2) is 14.4 Å². The van der Waals surface area contributed by atoms with Gasteiger partial charge in [0.1, 0.15) is 72.4 Å². The van der Waals surface area contributed by atoms with E-state index in [1.165, 1.54) is 0 Å². The Morgan fingerprint density at radius 3 is 1.43 bits per heavy atom. The van der Waals surface area contributed by atoms with E-state index >= 15 is 0 Å². The van der Waals surface area contributed by atoms with Gasteiger partial charge >= 0.3 is 18.3 Å². The summed E-state index contributed by atoms with van der Waals surface area (Å²) < 4.78 is 44.5. The third-order valence-corrected chi connectivity index (χ3v) is 15.7. The number of phenols is 4. The molecule has 5 N–H and O–H groups in total. The van der Waals surface area contributed by atoms with Crippen molar-refractivity contribution in [3.8, 4) is 46.0 Å². The van der Waals surface area contributed by atoms with Gasteiger partial charge in [-0.15, -0.1) is 0 Å². The SMILES string of the molecule is C.CNC(=O)C1=C(COc2cccc(O)c2C)CCCC1.Cc1c(O)cccc1OCC1CN(C)CCN1C(=O)OC(C)C.Cc1c(O)cccc1OCC1COCCN1C(=O)OC(C)C.Cc1c(O)cccc1OCC1CSCCN1C(=O)OC(C)C. The van der Waals surface area contributed by atoms with E-state index in [4.69, 9.17) is 37.9 Å². The lowest BCUT2D eigenvalue weighted by Crippen LogP contribution is -2.56. The number of thioether (sulfide) groups is 1. The van der Waals surface area contributed by atoms with E-state index in [0.29, 0.717) is 92.4 Å². The maximum atomic E-state index is 12.2. The highest BCUT2D eigenvalue weighted by atomic mass is 32.2. The Morgan fingerprint density at radius 2 is 0.977 bits per heavy atom. The van der Waals surface area contributed by atoms with Gasteiger partial charge < -0.3 is 73.4 Å². The highest BCUT2D eigenvalue weighted by Crippen LogP contribution is 2.32. The number of amides is 4. The number of morpholine rings is 1. The lowest BCUT2D eigenvalue weighted by molar-refractivity contribution is -0.117. The van der Waals surface area contributed by atoms with Crippen LogP contribution < -0.4 is 24.3 Å². The first-order valence-electron chi connectivity index (χ1n) is 29.8. The molecule has 0 radical (unpaired) electrons. The topological polar surface area (TPSA) is 248 Å². The number of hydrogen-bond donors (Lipinski definition) is 5. The fourth-order valence-electron chi connectivity index (χ4n) is 9.58. The second kappa shape index (κ2) is 36.8. The third kappa shape index (κ3) is 22.6. The van der Waals surface area contributed by atoms with Crippen molar-refractivity contribution in [2.75, 3.05) is 98.0 Å². The minimum atomic E-state index is -0.348. The van der Waals surface area contributed by atoms with Crippen LogP contribution in [-0.4, -0.2) is 199 Å². The van der Waals surface area contributed by atoms with Crippen LogP contribution in [0.2, 0.25) is 0 Å². The first-order valence-corrected chi connectivity index (χ1v) is 31.0. The molecule has 4 aromatic rings. The van der Waals surface area contributed by atoms with Crippen molar-refractivity contribution in [2.45, 2.75) is 139 Å². The molecule has 3 heterocycles. The van der Waals surface area contributed by atoms with E-state index < -0.39 is 0 Å². The average molecular weight is 1250 g/mol. The molecule has 4 aromatic carbocycles. The van der Waals surface area contributed by atoms with Crippen molar-refractivity contribution in [3.63, 3.8) is 0 Å². The average Bonchev–Trinajstić information content (AvgIpc) is 3.66. The van der Waals surface area contributed by atoms with Crippen LogP contribution in [0.25, 0.3) is 0 Å². The summed E-state index contributed by atoms with van der Waals surface area (Å²) in [6.07, 6.45) is 2.51. The lowest BCUT2D eigenvalue weighted by Gasteiger charge is -2.39. The number of piperazine rings is 1. The van der Waals surface area contributed by atoms with Gasteiger partial charge in [-0.3, -0.25) is 14.6 Å². The lowest BCUT2D eigenvalue weighted by atomic mass is 9.91. The van der Waals surface area contributed by atoms with Gasteiger partial charge in [-0.2, -0.15) is 11.8 Å². The zero-order valence-corrected chi connectivity index (χ0v) is 53.6. The largest absolute Gasteiger partial charge is 0.508 e. The van der Waals surface area contributed by atoms with E-state index in [9.17, 15) is 39.6 Å². The van der Waals surface area contributed by atoms with Crippen molar-refractivity contribution in [2.24, 2.45) is 0 Å². The Hall–Kier alpha value is -7.43. The molecule has 0 saturated carbocycles. The quantitative estimate of drug-likeness (QED) is 0.0654. The Labute approximate surface area is 525 Å². The van der Waals surface area contributed by atoms with E-state index in [1.807, 2.05) is 87.6 Å². The number of likely N-dealkylation sites (N-methyl/N-ethyl adjacent to an activating group) is 2. The van der Waals surface area contributed by atoms with Crippen molar-refractivity contribution in [3.05, 3.63) is 106 Å². The van der Waals surface area contributed by atoms with Crippen LogP contribution in [0.15, 0.2) is 83.9 Å².